The Balaban J connectivity index is 1.79. The summed E-state index contributed by atoms with van der Waals surface area (Å²) in [6, 6.07) is 13.9. The molecule has 0 aromatic heterocycles. The quantitative estimate of drug-likeness (QED) is 0.754. The minimum absolute atomic E-state index is 0.531. The summed E-state index contributed by atoms with van der Waals surface area (Å²) < 4.78 is 12.3. The highest BCUT2D eigenvalue weighted by molar-refractivity contribution is 9.10. The lowest BCUT2D eigenvalue weighted by Gasteiger charge is -2.10. The Morgan fingerprint density at radius 3 is 2.16 bits per heavy atom. The van der Waals surface area contributed by atoms with Crippen LogP contribution < -0.4 is 9.47 Å². The molecule has 0 saturated heterocycles. The highest BCUT2D eigenvalue weighted by atomic mass is 79.9. The van der Waals surface area contributed by atoms with Gasteiger partial charge in [-0.05, 0) is 55.3 Å². The van der Waals surface area contributed by atoms with Gasteiger partial charge in [0.2, 0.25) is 0 Å². The molecule has 0 aliphatic rings. The van der Waals surface area contributed by atoms with Crippen molar-refractivity contribution in [2.75, 3.05) is 13.2 Å². The Labute approximate surface area is 122 Å². The van der Waals surface area contributed by atoms with Crippen LogP contribution in [0.5, 0.6) is 11.5 Å². The maximum absolute atomic E-state index is 5.66. The number of aryl methyl sites for hydroxylation is 2. The summed E-state index contributed by atoms with van der Waals surface area (Å²) in [5.74, 6) is 1.74. The maximum atomic E-state index is 5.66. The van der Waals surface area contributed by atoms with Gasteiger partial charge in [0, 0.05) is 4.47 Å². The fraction of sp³-hybridized carbons (Fsp3) is 0.250. The van der Waals surface area contributed by atoms with E-state index in [1.807, 2.05) is 30.3 Å². The van der Waals surface area contributed by atoms with Gasteiger partial charge in [0.25, 0.3) is 0 Å². The van der Waals surface area contributed by atoms with Crippen LogP contribution in [0.25, 0.3) is 0 Å². The topological polar surface area (TPSA) is 18.5 Å². The summed E-state index contributed by atoms with van der Waals surface area (Å²) in [5.41, 5.74) is 2.52. The van der Waals surface area contributed by atoms with E-state index in [1.54, 1.807) is 0 Å². The second-order valence-electron chi connectivity index (χ2n) is 4.40. The smallest absolute Gasteiger partial charge is 0.122 e. The molecule has 0 heterocycles. The molecule has 0 aliphatic heterocycles. The van der Waals surface area contributed by atoms with Crippen LogP contribution in [0.15, 0.2) is 46.9 Å². The van der Waals surface area contributed by atoms with E-state index in [2.05, 4.69) is 41.9 Å². The number of rotatable bonds is 5. The monoisotopic (exact) mass is 320 g/mol. The second-order valence-corrected chi connectivity index (χ2v) is 5.32. The van der Waals surface area contributed by atoms with E-state index in [-0.39, 0.29) is 0 Å². The lowest BCUT2D eigenvalue weighted by Crippen LogP contribution is -2.09. The summed E-state index contributed by atoms with van der Waals surface area (Å²) >= 11 is 3.41. The predicted molar refractivity (Wildman–Crippen MR) is 81.0 cm³/mol. The van der Waals surface area contributed by atoms with Crippen LogP contribution in [0.1, 0.15) is 11.1 Å². The molecular formula is C16H17BrO2. The summed E-state index contributed by atoms with van der Waals surface area (Å²) in [6.45, 7) is 5.24. The van der Waals surface area contributed by atoms with Gasteiger partial charge in [-0.25, -0.2) is 0 Å². The molecule has 0 unspecified atom stereocenters. The van der Waals surface area contributed by atoms with Crippen molar-refractivity contribution in [3.05, 3.63) is 58.1 Å². The van der Waals surface area contributed by atoms with Crippen molar-refractivity contribution in [2.45, 2.75) is 13.8 Å². The second kappa shape index (κ2) is 6.62. The van der Waals surface area contributed by atoms with Gasteiger partial charge in [-0.1, -0.05) is 28.1 Å². The molecule has 0 amide bonds. The van der Waals surface area contributed by atoms with E-state index >= 15 is 0 Å². The molecule has 0 aliphatic carbocycles. The number of ether oxygens (including phenoxy) is 2. The first kappa shape index (κ1) is 13.9. The Morgan fingerprint density at radius 1 is 0.842 bits per heavy atom. The third kappa shape index (κ3) is 4.28. The molecule has 0 spiro atoms. The molecule has 100 valence electrons. The van der Waals surface area contributed by atoms with E-state index in [4.69, 9.17) is 9.47 Å². The molecule has 2 nitrogen and oxygen atoms in total. The van der Waals surface area contributed by atoms with Crippen LogP contribution in [0.2, 0.25) is 0 Å². The Kier molecular flexibility index (Phi) is 4.86. The molecule has 0 atom stereocenters. The van der Waals surface area contributed by atoms with Gasteiger partial charge in [0.1, 0.15) is 24.7 Å². The molecule has 2 aromatic carbocycles. The van der Waals surface area contributed by atoms with Gasteiger partial charge in [0.15, 0.2) is 0 Å². The van der Waals surface area contributed by atoms with Gasteiger partial charge in [-0.15, -0.1) is 0 Å². The largest absolute Gasteiger partial charge is 0.490 e. The van der Waals surface area contributed by atoms with Crippen LogP contribution in [0.4, 0.5) is 0 Å². The molecular weight excluding hydrogens is 304 g/mol. The van der Waals surface area contributed by atoms with Gasteiger partial charge in [0.05, 0.1) is 0 Å². The average molecular weight is 321 g/mol. The van der Waals surface area contributed by atoms with Crippen LogP contribution in [0, 0.1) is 13.8 Å². The molecule has 19 heavy (non-hydrogen) atoms. The Hall–Kier alpha value is -1.48. The fourth-order valence-electron chi connectivity index (χ4n) is 1.68. The SMILES string of the molecule is Cc1ccc(OCCOc2cccc(Br)c2)cc1C. The molecule has 2 aromatic rings. The normalized spacial score (nSPS) is 10.3. The lowest BCUT2D eigenvalue weighted by atomic mass is 10.1. The van der Waals surface area contributed by atoms with Gasteiger partial charge in [-0.2, -0.15) is 0 Å². The molecule has 0 fully saturated rings. The first-order valence-electron chi connectivity index (χ1n) is 6.23. The van der Waals surface area contributed by atoms with Crippen LogP contribution >= 0.6 is 15.9 Å². The van der Waals surface area contributed by atoms with Crippen LogP contribution in [-0.4, -0.2) is 13.2 Å². The standard InChI is InChI=1S/C16H17BrO2/c1-12-6-7-16(10-13(12)2)19-9-8-18-15-5-3-4-14(17)11-15/h3-7,10-11H,8-9H2,1-2H3. The van der Waals surface area contributed by atoms with E-state index in [1.165, 1.54) is 11.1 Å². The van der Waals surface area contributed by atoms with E-state index in [0.29, 0.717) is 13.2 Å². The van der Waals surface area contributed by atoms with Crippen molar-refractivity contribution in [3.8, 4) is 11.5 Å². The van der Waals surface area contributed by atoms with E-state index in [0.717, 1.165) is 16.0 Å². The molecule has 0 N–H and O–H groups in total. The predicted octanol–water partition coefficient (Wildman–Crippen LogP) is 4.52. The number of benzene rings is 2. The van der Waals surface area contributed by atoms with Crippen molar-refractivity contribution < 1.29 is 9.47 Å². The maximum Gasteiger partial charge on any atom is 0.122 e. The van der Waals surface area contributed by atoms with Gasteiger partial charge < -0.3 is 9.47 Å². The summed E-state index contributed by atoms with van der Waals surface area (Å²) in [6.07, 6.45) is 0. The zero-order valence-corrected chi connectivity index (χ0v) is 12.7. The zero-order valence-electron chi connectivity index (χ0n) is 11.2. The highest BCUT2D eigenvalue weighted by Crippen LogP contribution is 2.18. The molecule has 2 rings (SSSR count). The van der Waals surface area contributed by atoms with Gasteiger partial charge >= 0.3 is 0 Å². The highest BCUT2D eigenvalue weighted by Gasteiger charge is 1.98. The Bertz CT molecular complexity index is 552. The third-order valence-corrected chi connectivity index (χ3v) is 3.39. The summed E-state index contributed by atoms with van der Waals surface area (Å²) in [7, 11) is 0. The zero-order chi connectivity index (χ0) is 13.7. The van der Waals surface area contributed by atoms with Crippen LogP contribution in [0.3, 0.4) is 0 Å². The molecule has 0 bridgehead atoms. The van der Waals surface area contributed by atoms with Crippen molar-refractivity contribution in [1.29, 1.82) is 0 Å². The molecule has 3 heteroatoms. The van der Waals surface area contributed by atoms with Gasteiger partial charge in [-0.3, -0.25) is 0 Å². The Morgan fingerprint density at radius 2 is 1.53 bits per heavy atom. The molecule has 0 saturated carbocycles. The average Bonchev–Trinajstić information content (AvgIpc) is 2.39. The van der Waals surface area contributed by atoms with Crippen molar-refractivity contribution >= 4 is 15.9 Å². The number of hydrogen-bond acceptors (Lipinski definition) is 2. The van der Waals surface area contributed by atoms with E-state index in [9.17, 15) is 0 Å². The van der Waals surface area contributed by atoms with Crippen molar-refractivity contribution in [3.63, 3.8) is 0 Å². The third-order valence-electron chi connectivity index (χ3n) is 2.90. The minimum atomic E-state index is 0.531. The summed E-state index contributed by atoms with van der Waals surface area (Å²) in [4.78, 5) is 0. The van der Waals surface area contributed by atoms with E-state index < -0.39 is 0 Å². The van der Waals surface area contributed by atoms with Crippen molar-refractivity contribution in [1.82, 2.24) is 0 Å². The minimum Gasteiger partial charge on any atom is -0.490 e. The lowest BCUT2D eigenvalue weighted by molar-refractivity contribution is 0.217. The summed E-state index contributed by atoms with van der Waals surface area (Å²) in [5, 5.41) is 0. The van der Waals surface area contributed by atoms with Crippen LogP contribution in [-0.2, 0) is 0 Å². The fourth-order valence-corrected chi connectivity index (χ4v) is 2.06. The number of halogens is 1. The first-order chi connectivity index (χ1) is 9.15. The van der Waals surface area contributed by atoms with Crippen molar-refractivity contribution in [2.24, 2.45) is 0 Å². The molecule has 0 radical (unpaired) electrons. The first-order valence-corrected chi connectivity index (χ1v) is 7.03. The number of hydrogen-bond donors (Lipinski definition) is 0.